The molecule has 0 bridgehead atoms. The molecule has 2 aromatic carbocycles. The van der Waals surface area contributed by atoms with Crippen LogP contribution in [0.15, 0.2) is 54.0 Å². The average Bonchev–Trinajstić information content (AvgIpc) is 2.91. The number of aromatic nitrogens is 2. The van der Waals surface area contributed by atoms with E-state index in [1.54, 1.807) is 17.5 Å². The van der Waals surface area contributed by atoms with Gasteiger partial charge in [-0.15, -0.1) is 11.3 Å². The molecule has 0 radical (unpaired) electrons. The van der Waals surface area contributed by atoms with Crippen molar-refractivity contribution in [2.24, 2.45) is 0 Å². The molecule has 0 saturated carbocycles. The SMILES string of the molecule is Nc1cnc2cc(-c3csc4ccccc34)ccc2n1. The van der Waals surface area contributed by atoms with Crippen molar-refractivity contribution in [1.82, 2.24) is 9.97 Å². The Bertz CT molecular complexity index is 927. The third kappa shape index (κ3) is 1.73. The normalized spacial score (nSPS) is 11.2. The van der Waals surface area contributed by atoms with Gasteiger partial charge in [-0.05, 0) is 29.1 Å². The molecule has 96 valence electrons. The van der Waals surface area contributed by atoms with Crippen LogP contribution >= 0.6 is 11.3 Å². The van der Waals surface area contributed by atoms with E-state index in [1.165, 1.54) is 15.6 Å². The van der Waals surface area contributed by atoms with Crippen molar-refractivity contribution in [1.29, 1.82) is 0 Å². The van der Waals surface area contributed by atoms with Gasteiger partial charge in [0.1, 0.15) is 5.82 Å². The van der Waals surface area contributed by atoms with Crippen LogP contribution in [0, 0.1) is 0 Å². The van der Waals surface area contributed by atoms with E-state index in [2.05, 4.69) is 51.7 Å². The van der Waals surface area contributed by atoms with Gasteiger partial charge in [0.2, 0.25) is 0 Å². The summed E-state index contributed by atoms with van der Waals surface area (Å²) < 4.78 is 1.30. The summed E-state index contributed by atoms with van der Waals surface area (Å²) in [7, 11) is 0. The topological polar surface area (TPSA) is 51.8 Å². The number of benzene rings is 2. The Morgan fingerprint density at radius 3 is 2.85 bits per heavy atom. The molecule has 20 heavy (non-hydrogen) atoms. The first-order valence-corrected chi connectivity index (χ1v) is 7.18. The highest BCUT2D eigenvalue weighted by molar-refractivity contribution is 7.17. The van der Waals surface area contributed by atoms with Gasteiger partial charge in [-0.1, -0.05) is 24.3 Å². The minimum Gasteiger partial charge on any atom is -0.382 e. The second-order valence-corrected chi connectivity index (χ2v) is 5.56. The van der Waals surface area contributed by atoms with Crippen molar-refractivity contribution in [2.45, 2.75) is 0 Å². The van der Waals surface area contributed by atoms with E-state index in [0.29, 0.717) is 5.82 Å². The van der Waals surface area contributed by atoms with E-state index in [4.69, 9.17) is 5.73 Å². The van der Waals surface area contributed by atoms with Crippen LogP contribution < -0.4 is 5.73 Å². The molecule has 0 spiro atoms. The van der Waals surface area contributed by atoms with Crippen molar-refractivity contribution < 1.29 is 0 Å². The Morgan fingerprint density at radius 1 is 1.00 bits per heavy atom. The van der Waals surface area contributed by atoms with Crippen LogP contribution in [0.4, 0.5) is 5.82 Å². The summed E-state index contributed by atoms with van der Waals surface area (Å²) in [6.07, 6.45) is 1.60. The predicted octanol–water partition coefficient (Wildman–Crippen LogP) is 4.09. The van der Waals surface area contributed by atoms with Gasteiger partial charge in [0, 0.05) is 15.6 Å². The first-order chi connectivity index (χ1) is 9.81. The molecule has 2 heterocycles. The minimum absolute atomic E-state index is 0.450. The lowest BCUT2D eigenvalue weighted by molar-refractivity contribution is 1.30. The van der Waals surface area contributed by atoms with Crippen LogP contribution in [-0.2, 0) is 0 Å². The molecular weight excluding hydrogens is 266 g/mol. The molecule has 0 aliphatic heterocycles. The third-order valence-electron chi connectivity index (χ3n) is 3.35. The maximum absolute atomic E-state index is 5.66. The quantitative estimate of drug-likeness (QED) is 0.570. The molecule has 0 aliphatic rings. The fraction of sp³-hybridized carbons (Fsp3) is 0. The molecule has 0 atom stereocenters. The fourth-order valence-corrected chi connectivity index (χ4v) is 3.36. The van der Waals surface area contributed by atoms with Gasteiger partial charge in [-0.3, -0.25) is 4.98 Å². The third-order valence-corrected chi connectivity index (χ3v) is 4.32. The number of anilines is 1. The maximum Gasteiger partial charge on any atom is 0.142 e. The predicted molar refractivity (Wildman–Crippen MR) is 84.8 cm³/mol. The smallest absolute Gasteiger partial charge is 0.142 e. The van der Waals surface area contributed by atoms with E-state index in [1.807, 2.05) is 6.07 Å². The van der Waals surface area contributed by atoms with E-state index >= 15 is 0 Å². The summed E-state index contributed by atoms with van der Waals surface area (Å²) in [5.74, 6) is 0.450. The summed E-state index contributed by atoms with van der Waals surface area (Å²) in [6, 6.07) is 14.5. The van der Waals surface area contributed by atoms with Crippen LogP contribution in [-0.4, -0.2) is 9.97 Å². The molecule has 0 amide bonds. The van der Waals surface area contributed by atoms with Gasteiger partial charge in [0.25, 0.3) is 0 Å². The van der Waals surface area contributed by atoms with Gasteiger partial charge in [0.05, 0.1) is 17.2 Å². The molecule has 4 heteroatoms. The van der Waals surface area contributed by atoms with Crippen molar-refractivity contribution in [2.75, 3.05) is 5.73 Å². The van der Waals surface area contributed by atoms with Crippen LogP contribution in [0.3, 0.4) is 0 Å². The summed E-state index contributed by atoms with van der Waals surface area (Å²) in [5, 5.41) is 3.47. The minimum atomic E-state index is 0.450. The Labute approximate surface area is 119 Å². The summed E-state index contributed by atoms with van der Waals surface area (Å²) >= 11 is 1.76. The van der Waals surface area contributed by atoms with Gasteiger partial charge in [0.15, 0.2) is 0 Å². The number of nitrogen functional groups attached to an aromatic ring is 1. The van der Waals surface area contributed by atoms with Crippen LogP contribution in [0.2, 0.25) is 0 Å². The Balaban J connectivity index is 1.96. The molecule has 2 aromatic heterocycles. The highest BCUT2D eigenvalue weighted by Gasteiger charge is 2.07. The second kappa shape index (κ2) is 4.28. The zero-order valence-electron chi connectivity index (χ0n) is 10.6. The maximum atomic E-state index is 5.66. The van der Waals surface area contributed by atoms with E-state index in [-0.39, 0.29) is 0 Å². The zero-order chi connectivity index (χ0) is 13.5. The van der Waals surface area contributed by atoms with E-state index < -0.39 is 0 Å². The number of fused-ring (bicyclic) bond motifs is 2. The first kappa shape index (κ1) is 11.4. The van der Waals surface area contributed by atoms with Crippen LogP contribution in [0.25, 0.3) is 32.2 Å². The lowest BCUT2D eigenvalue weighted by atomic mass is 10.0. The molecule has 4 rings (SSSR count). The van der Waals surface area contributed by atoms with Crippen molar-refractivity contribution in [3.8, 4) is 11.1 Å². The summed E-state index contributed by atoms with van der Waals surface area (Å²) in [6.45, 7) is 0. The van der Waals surface area contributed by atoms with Crippen molar-refractivity contribution >= 4 is 38.3 Å². The number of rotatable bonds is 1. The number of nitrogens with zero attached hydrogens (tertiary/aromatic N) is 2. The van der Waals surface area contributed by atoms with Gasteiger partial charge in [-0.2, -0.15) is 0 Å². The number of nitrogens with two attached hydrogens (primary N) is 1. The molecule has 4 aromatic rings. The molecule has 0 aliphatic carbocycles. The lowest BCUT2D eigenvalue weighted by Crippen LogP contribution is -1.92. The molecule has 2 N–H and O–H groups in total. The molecule has 0 saturated heterocycles. The Hall–Kier alpha value is -2.46. The zero-order valence-corrected chi connectivity index (χ0v) is 11.4. The molecule has 0 fully saturated rings. The fourth-order valence-electron chi connectivity index (χ4n) is 2.39. The van der Waals surface area contributed by atoms with Crippen molar-refractivity contribution in [3.63, 3.8) is 0 Å². The monoisotopic (exact) mass is 277 g/mol. The van der Waals surface area contributed by atoms with Gasteiger partial charge < -0.3 is 5.73 Å². The molecule has 3 nitrogen and oxygen atoms in total. The van der Waals surface area contributed by atoms with E-state index in [9.17, 15) is 0 Å². The van der Waals surface area contributed by atoms with Crippen molar-refractivity contribution in [3.05, 3.63) is 54.0 Å². The van der Waals surface area contributed by atoms with Crippen LogP contribution in [0.5, 0.6) is 0 Å². The summed E-state index contributed by atoms with van der Waals surface area (Å²) in [5.41, 5.74) is 9.76. The lowest BCUT2D eigenvalue weighted by Gasteiger charge is -2.03. The number of hydrogen-bond donors (Lipinski definition) is 1. The second-order valence-electron chi connectivity index (χ2n) is 4.64. The standard InChI is InChI=1S/C16H11N3S/c17-16-8-18-14-7-10(5-6-13(14)19-16)12-9-20-15-4-2-1-3-11(12)15/h1-9H,(H2,17,19). The molecule has 0 unspecified atom stereocenters. The summed E-state index contributed by atoms with van der Waals surface area (Å²) in [4.78, 5) is 8.63. The van der Waals surface area contributed by atoms with E-state index in [0.717, 1.165) is 16.6 Å². The number of hydrogen-bond acceptors (Lipinski definition) is 4. The average molecular weight is 277 g/mol. The number of thiophene rings is 1. The highest BCUT2D eigenvalue weighted by atomic mass is 32.1. The van der Waals surface area contributed by atoms with Gasteiger partial charge >= 0.3 is 0 Å². The van der Waals surface area contributed by atoms with Crippen LogP contribution in [0.1, 0.15) is 0 Å². The Morgan fingerprint density at radius 2 is 1.90 bits per heavy atom. The highest BCUT2D eigenvalue weighted by Crippen LogP contribution is 2.34. The Kier molecular flexibility index (Phi) is 2.44. The van der Waals surface area contributed by atoms with Gasteiger partial charge in [-0.25, -0.2) is 4.98 Å². The first-order valence-electron chi connectivity index (χ1n) is 6.30. The molecular formula is C16H11N3S. The largest absolute Gasteiger partial charge is 0.382 e.